The average Bonchev–Trinajstić information content (AvgIpc) is 2.97. The number of nitrogens with zero attached hydrogens (tertiary/aromatic N) is 1. The third-order valence-electron chi connectivity index (χ3n) is 3.43. The number of thiophene rings is 1. The monoisotopic (exact) mass is 323 g/mol. The summed E-state index contributed by atoms with van der Waals surface area (Å²) < 4.78 is 26.5. The van der Waals surface area contributed by atoms with E-state index in [0.717, 1.165) is 27.3 Å². The normalized spacial score (nSPS) is 15.1. The van der Waals surface area contributed by atoms with Crippen LogP contribution in [0.3, 0.4) is 0 Å². The molecule has 1 aliphatic rings. The lowest BCUT2D eigenvalue weighted by Gasteiger charge is -2.15. The number of aryl methyl sites for hydroxylation is 1. The van der Waals surface area contributed by atoms with Crippen molar-refractivity contribution in [3.05, 3.63) is 51.2 Å². The number of sulfonamides is 1. The first-order chi connectivity index (χ1) is 9.88. The van der Waals surface area contributed by atoms with E-state index in [-0.39, 0.29) is 22.9 Å². The van der Waals surface area contributed by atoms with E-state index in [0.29, 0.717) is 0 Å². The summed E-state index contributed by atoms with van der Waals surface area (Å²) >= 11 is 1.14. The molecule has 0 amide bonds. The Kier molecular flexibility index (Phi) is 3.35. The highest BCUT2D eigenvalue weighted by Gasteiger charge is 2.32. The van der Waals surface area contributed by atoms with E-state index >= 15 is 0 Å². The SMILES string of the molecule is Cc1ccc(S(=O)(=O)N2Cc3cc(C(=O)O)sc3C2)cc1. The van der Waals surface area contributed by atoms with E-state index in [2.05, 4.69) is 0 Å². The van der Waals surface area contributed by atoms with E-state index in [9.17, 15) is 13.2 Å². The smallest absolute Gasteiger partial charge is 0.345 e. The summed E-state index contributed by atoms with van der Waals surface area (Å²) in [4.78, 5) is 12.2. The summed E-state index contributed by atoms with van der Waals surface area (Å²) in [6.07, 6.45) is 0. The Bertz CT molecular complexity index is 782. The van der Waals surface area contributed by atoms with E-state index < -0.39 is 16.0 Å². The van der Waals surface area contributed by atoms with Crippen molar-refractivity contribution in [3.63, 3.8) is 0 Å². The van der Waals surface area contributed by atoms with Gasteiger partial charge in [-0.05, 0) is 30.7 Å². The van der Waals surface area contributed by atoms with Gasteiger partial charge in [0.05, 0.1) is 4.90 Å². The lowest BCUT2D eigenvalue weighted by atomic mass is 10.2. The molecule has 1 N–H and O–H groups in total. The fourth-order valence-corrected chi connectivity index (χ4v) is 4.77. The van der Waals surface area contributed by atoms with Crippen molar-refractivity contribution < 1.29 is 18.3 Å². The second kappa shape index (κ2) is 4.94. The summed E-state index contributed by atoms with van der Waals surface area (Å²) in [6.45, 7) is 2.37. The number of fused-ring (bicyclic) bond motifs is 1. The summed E-state index contributed by atoms with van der Waals surface area (Å²) in [5.41, 5.74) is 1.79. The molecule has 1 aromatic heterocycles. The predicted octanol–water partition coefficient (Wildman–Crippen LogP) is 2.46. The van der Waals surface area contributed by atoms with Crippen molar-refractivity contribution in [1.29, 1.82) is 0 Å². The quantitative estimate of drug-likeness (QED) is 0.941. The highest BCUT2D eigenvalue weighted by molar-refractivity contribution is 7.89. The molecule has 110 valence electrons. The Morgan fingerprint density at radius 1 is 1.24 bits per heavy atom. The van der Waals surface area contributed by atoms with Crippen LogP contribution < -0.4 is 0 Å². The highest BCUT2D eigenvalue weighted by atomic mass is 32.2. The van der Waals surface area contributed by atoms with Crippen molar-refractivity contribution in [2.45, 2.75) is 24.9 Å². The summed E-state index contributed by atoms with van der Waals surface area (Å²) in [5, 5.41) is 8.95. The number of benzene rings is 1. The first-order valence-corrected chi connectivity index (χ1v) is 8.55. The number of rotatable bonds is 3. The van der Waals surface area contributed by atoms with Gasteiger partial charge >= 0.3 is 5.97 Å². The molecule has 1 aromatic carbocycles. The van der Waals surface area contributed by atoms with Gasteiger partial charge in [-0.1, -0.05) is 17.7 Å². The fraction of sp³-hybridized carbons (Fsp3) is 0.214. The molecule has 7 heteroatoms. The van der Waals surface area contributed by atoms with Crippen LogP contribution in [0.5, 0.6) is 0 Å². The molecule has 0 bridgehead atoms. The van der Waals surface area contributed by atoms with Crippen LogP contribution in [0.4, 0.5) is 0 Å². The fourth-order valence-electron chi connectivity index (χ4n) is 2.27. The molecule has 0 unspecified atom stereocenters. The van der Waals surface area contributed by atoms with E-state index in [1.807, 2.05) is 6.92 Å². The van der Waals surface area contributed by atoms with Gasteiger partial charge in [0.15, 0.2) is 0 Å². The molecular formula is C14H13NO4S2. The molecule has 0 saturated carbocycles. The molecule has 5 nitrogen and oxygen atoms in total. The zero-order chi connectivity index (χ0) is 15.2. The zero-order valence-corrected chi connectivity index (χ0v) is 12.9. The molecule has 3 rings (SSSR count). The molecule has 0 fully saturated rings. The lowest BCUT2D eigenvalue weighted by Crippen LogP contribution is -2.25. The van der Waals surface area contributed by atoms with Crippen molar-refractivity contribution >= 4 is 27.3 Å². The van der Waals surface area contributed by atoms with Crippen LogP contribution in [0.25, 0.3) is 0 Å². The minimum absolute atomic E-state index is 0.231. The van der Waals surface area contributed by atoms with Gasteiger partial charge in [0.2, 0.25) is 10.0 Å². The second-order valence-electron chi connectivity index (χ2n) is 4.95. The van der Waals surface area contributed by atoms with Gasteiger partial charge < -0.3 is 5.11 Å². The maximum absolute atomic E-state index is 12.5. The minimum atomic E-state index is -3.53. The minimum Gasteiger partial charge on any atom is -0.477 e. The Labute approximate surface area is 126 Å². The van der Waals surface area contributed by atoms with Crippen molar-refractivity contribution in [2.75, 3.05) is 0 Å². The maximum atomic E-state index is 12.5. The van der Waals surface area contributed by atoms with Crippen LogP contribution in [0, 0.1) is 6.92 Å². The summed E-state index contributed by atoms with van der Waals surface area (Å²) in [6, 6.07) is 8.29. The number of carboxylic acids is 1. The molecule has 0 saturated heterocycles. The summed E-state index contributed by atoms with van der Waals surface area (Å²) in [5.74, 6) is -0.970. The molecular weight excluding hydrogens is 310 g/mol. The molecule has 0 radical (unpaired) electrons. The molecule has 0 atom stereocenters. The Balaban J connectivity index is 1.88. The number of carbonyl (C=O) groups is 1. The molecule has 0 aliphatic carbocycles. The number of carboxylic acid groups (broad SMARTS) is 1. The Hall–Kier alpha value is -1.70. The third-order valence-corrected chi connectivity index (χ3v) is 6.39. The van der Waals surface area contributed by atoms with Gasteiger partial charge in [0.25, 0.3) is 0 Å². The molecule has 1 aliphatic heterocycles. The van der Waals surface area contributed by atoms with E-state index in [1.54, 1.807) is 30.3 Å². The predicted molar refractivity (Wildman–Crippen MR) is 78.9 cm³/mol. The van der Waals surface area contributed by atoms with Crippen LogP contribution in [0.15, 0.2) is 35.2 Å². The van der Waals surface area contributed by atoms with Gasteiger partial charge in [-0.2, -0.15) is 4.31 Å². The molecule has 2 heterocycles. The number of hydrogen-bond donors (Lipinski definition) is 1. The molecule has 0 spiro atoms. The second-order valence-corrected chi connectivity index (χ2v) is 8.03. The van der Waals surface area contributed by atoms with E-state index in [1.165, 1.54) is 4.31 Å². The average molecular weight is 323 g/mol. The Morgan fingerprint density at radius 3 is 2.48 bits per heavy atom. The first kappa shape index (κ1) is 14.2. The maximum Gasteiger partial charge on any atom is 0.345 e. The van der Waals surface area contributed by atoms with Crippen molar-refractivity contribution in [1.82, 2.24) is 4.31 Å². The number of hydrogen-bond acceptors (Lipinski definition) is 4. The summed E-state index contributed by atoms with van der Waals surface area (Å²) in [7, 11) is -3.53. The van der Waals surface area contributed by atoms with Crippen LogP contribution in [-0.4, -0.2) is 23.8 Å². The van der Waals surface area contributed by atoms with Crippen LogP contribution in [0.1, 0.15) is 25.7 Å². The van der Waals surface area contributed by atoms with Gasteiger partial charge in [-0.25, -0.2) is 13.2 Å². The molecule has 2 aromatic rings. The highest BCUT2D eigenvalue weighted by Crippen LogP contribution is 2.34. The van der Waals surface area contributed by atoms with Crippen LogP contribution in [-0.2, 0) is 23.1 Å². The first-order valence-electron chi connectivity index (χ1n) is 6.29. The van der Waals surface area contributed by atoms with Gasteiger partial charge in [-0.15, -0.1) is 11.3 Å². The Morgan fingerprint density at radius 2 is 1.90 bits per heavy atom. The number of aromatic carboxylic acids is 1. The zero-order valence-electron chi connectivity index (χ0n) is 11.2. The molecule has 21 heavy (non-hydrogen) atoms. The van der Waals surface area contributed by atoms with Gasteiger partial charge in [0.1, 0.15) is 4.88 Å². The van der Waals surface area contributed by atoms with Crippen LogP contribution in [0.2, 0.25) is 0 Å². The van der Waals surface area contributed by atoms with Crippen LogP contribution >= 0.6 is 11.3 Å². The largest absolute Gasteiger partial charge is 0.477 e. The van der Waals surface area contributed by atoms with E-state index in [4.69, 9.17) is 5.11 Å². The van der Waals surface area contributed by atoms with Gasteiger partial charge in [0, 0.05) is 18.0 Å². The topological polar surface area (TPSA) is 74.7 Å². The van der Waals surface area contributed by atoms with Crippen molar-refractivity contribution in [2.24, 2.45) is 0 Å². The standard InChI is InChI=1S/C14H13NO4S2/c1-9-2-4-11(5-3-9)21(18,19)15-7-10-6-12(14(16)17)20-13(10)8-15/h2-6H,7-8H2,1H3,(H,16,17). The lowest BCUT2D eigenvalue weighted by molar-refractivity contribution is 0.0702. The third kappa shape index (κ3) is 2.48. The van der Waals surface area contributed by atoms with Gasteiger partial charge in [-0.3, -0.25) is 0 Å². The van der Waals surface area contributed by atoms with Crippen molar-refractivity contribution in [3.8, 4) is 0 Å².